The second-order valence-electron chi connectivity index (χ2n) is 11.9. The predicted molar refractivity (Wildman–Crippen MR) is 167 cm³/mol. The Hall–Kier alpha value is -4.56. The van der Waals surface area contributed by atoms with Gasteiger partial charge in [-0.05, 0) is 62.4 Å². The number of hydrogen-bond donors (Lipinski definition) is 0. The first-order chi connectivity index (χ1) is 19.3. The third-order valence-corrected chi connectivity index (χ3v) is 9.24. The van der Waals surface area contributed by atoms with Crippen LogP contribution in [0.3, 0.4) is 0 Å². The Balaban J connectivity index is 1.40. The SMILES string of the molecule is CC1(C)c2ccccc2-c2cc(-c3ccc4nc(-c5ccccc5)c(-c5ccccc5)nc4c3)ccc2C1(C)C. The van der Waals surface area contributed by atoms with Gasteiger partial charge in [0.25, 0.3) is 0 Å². The molecule has 0 unspecified atom stereocenters. The molecule has 0 spiro atoms. The summed E-state index contributed by atoms with van der Waals surface area (Å²) in [7, 11) is 0. The molecule has 2 nitrogen and oxygen atoms in total. The minimum Gasteiger partial charge on any atom is -0.244 e. The Morgan fingerprint density at radius 3 is 1.55 bits per heavy atom. The van der Waals surface area contributed by atoms with Crippen molar-refractivity contribution in [1.29, 1.82) is 0 Å². The molecule has 1 aliphatic rings. The molecule has 2 heteroatoms. The van der Waals surface area contributed by atoms with Crippen molar-refractivity contribution in [2.45, 2.75) is 38.5 Å². The molecule has 0 atom stereocenters. The first-order valence-corrected chi connectivity index (χ1v) is 14.0. The summed E-state index contributed by atoms with van der Waals surface area (Å²) >= 11 is 0. The molecule has 0 aliphatic heterocycles. The van der Waals surface area contributed by atoms with Crippen LogP contribution in [0.25, 0.3) is 55.8 Å². The van der Waals surface area contributed by atoms with E-state index in [0.29, 0.717) is 0 Å². The molecule has 0 radical (unpaired) electrons. The maximum absolute atomic E-state index is 5.21. The summed E-state index contributed by atoms with van der Waals surface area (Å²) in [6, 6.07) is 43.1. The normalized spacial score (nSPS) is 14.9. The van der Waals surface area contributed by atoms with Crippen LogP contribution in [-0.4, -0.2) is 9.97 Å². The van der Waals surface area contributed by atoms with E-state index in [4.69, 9.17) is 9.97 Å². The molecule has 0 bridgehead atoms. The third kappa shape index (κ3) is 3.71. The molecule has 0 saturated carbocycles. The maximum atomic E-state index is 5.21. The molecule has 1 aromatic heterocycles. The summed E-state index contributed by atoms with van der Waals surface area (Å²) in [5, 5.41) is 0. The van der Waals surface area contributed by atoms with Crippen molar-refractivity contribution in [3.05, 3.63) is 132 Å². The third-order valence-electron chi connectivity index (χ3n) is 9.24. The van der Waals surface area contributed by atoms with Gasteiger partial charge in [0.1, 0.15) is 0 Å². The van der Waals surface area contributed by atoms with Gasteiger partial charge in [0, 0.05) is 11.1 Å². The van der Waals surface area contributed by atoms with Gasteiger partial charge in [0.15, 0.2) is 0 Å². The fourth-order valence-corrected chi connectivity index (χ4v) is 6.26. The van der Waals surface area contributed by atoms with Gasteiger partial charge in [-0.2, -0.15) is 0 Å². The van der Waals surface area contributed by atoms with E-state index in [2.05, 4.69) is 137 Å². The van der Waals surface area contributed by atoms with Crippen molar-refractivity contribution in [2.75, 3.05) is 0 Å². The molecule has 5 aromatic carbocycles. The zero-order valence-electron chi connectivity index (χ0n) is 23.4. The summed E-state index contributed by atoms with van der Waals surface area (Å²) in [6.07, 6.45) is 0. The van der Waals surface area contributed by atoms with Crippen molar-refractivity contribution >= 4 is 11.0 Å². The molecule has 0 amide bonds. The van der Waals surface area contributed by atoms with Gasteiger partial charge < -0.3 is 0 Å². The van der Waals surface area contributed by atoms with Crippen molar-refractivity contribution in [2.24, 2.45) is 0 Å². The van der Waals surface area contributed by atoms with E-state index in [1.807, 2.05) is 12.1 Å². The first-order valence-electron chi connectivity index (χ1n) is 14.0. The van der Waals surface area contributed by atoms with E-state index < -0.39 is 0 Å². The highest BCUT2D eigenvalue weighted by atomic mass is 14.8. The van der Waals surface area contributed by atoms with E-state index in [0.717, 1.165) is 39.1 Å². The van der Waals surface area contributed by atoms with Crippen molar-refractivity contribution in [3.8, 4) is 44.8 Å². The summed E-state index contributed by atoms with van der Waals surface area (Å²) in [5.41, 5.74) is 13.6. The lowest BCUT2D eigenvalue weighted by Crippen LogP contribution is -2.43. The van der Waals surface area contributed by atoms with Gasteiger partial charge in [-0.1, -0.05) is 131 Å². The number of benzene rings is 5. The average Bonchev–Trinajstić information content (AvgIpc) is 3.00. The Bertz CT molecular complexity index is 1880. The van der Waals surface area contributed by atoms with E-state index in [-0.39, 0.29) is 10.8 Å². The fourth-order valence-electron chi connectivity index (χ4n) is 6.26. The van der Waals surface area contributed by atoms with Gasteiger partial charge in [0.2, 0.25) is 0 Å². The van der Waals surface area contributed by atoms with E-state index in [9.17, 15) is 0 Å². The molecule has 0 N–H and O–H groups in total. The van der Waals surface area contributed by atoms with Crippen molar-refractivity contribution in [1.82, 2.24) is 9.97 Å². The van der Waals surface area contributed by atoms with E-state index in [1.165, 1.54) is 27.8 Å². The highest BCUT2D eigenvalue weighted by Gasteiger charge is 2.45. The molecule has 40 heavy (non-hydrogen) atoms. The van der Waals surface area contributed by atoms with Crippen molar-refractivity contribution in [3.63, 3.8) is 0 Å². The van der Waals surface area contributed by atoms with Crippen LogP contribution in [0.5, 0.6) is 0 Å². The molecule has 1 aliphatic carbocycles. The summed E-state index contributed by atoms with van der Waals surface area (Å²) in [4.78, 5) is 10.3. The molecule has 6 aromatic rings. The smallest absolute Gasteiger partial charge is 0.0973 e. The topological polar surface area (TPSA) is 25.8 Å². The highest BCUT2D eigenvalue weighted by Crippen LogP contribution is 2.54. The molecular formula is C38H32N2. The molecule has 0 saturated heterocycles. The lowest BCUT2D eigenvalue weighted by Gasteiger charge is -2.48. The van der Waals surface area contributed by atoms with Gasteiger partial charge in [-0.25, -0.2) is 9.97 Å². The second kappa shape index (κ2) is 8.99. The average molecular weight is 517 g/mol. The van der Waals surface area contributed by atoms with Gasteiger partial charge >= 0.3 is 0 Å². The van der Waals surface area contributed by atoms with Crippen LogP contribution in [0.15, 0.2) is 121 Å². The van der Waals surface area contributed by atoms with Crippen LogP contribution in [-0.2, 0) is 10.8 Å². The van der Waals surface area contributed by atoms with Crippen LogP contribution < -0.4 is 0 Å². The Morgan fingerprint density at radius 1 is 0.400 bits per heavy atom. The number of aromatic nitrogens is 2. The highest BCUT2D eigenvalue weighted by molar-refractivity contribution is 5.90. The number of hydrogen-bond acceptors (Lipinski definition) is 2. The summed E-state index contributed by atoms with van der Waals surface area (Å²) < 4.78 is 0. The fraction of sp³-hybridized carbons (Fsp3) is 0.158. The summed E-state index contributed by atoms with van der Waals surface area (Å²) in [6.45, 7) is 9.50. The molecular weight excluding hydrogens is 484 g/mol. The monoisotopic (exact) mass is 516 g/mol. The lowest BCUT2D eigenvalue weighted by atomic mass is 9.55. The minimum absolute atomic E-state index is 0.00248. The Labute approximate surface area is 236 Å². The Morgan fingerprint density at radius 2 is 0.900 bits per heavy atom. The lowest BCUT2D eigenvalue weighted by molar-refractivity contribution is 0.299. The summed E-state index contributed by atoms with van der Waals surface area (Å²) in [5.74, 6) is 0. The van der Waals surface area contributed by atoms with Crippen molar-refractivity contribution < 1.29 is 0 Å². The van der Waals surface area contributed by atoms with Gasteiger partial charge in [-0.3, -0.25) is 0 Å². The zero-order valence-corrected chi connectivity index (χ0v) is 23.4. The van der Waals surface area contributed by atoms with Gasteiger partial charge in [-0.15, -0.1) is 0 Å². The molecule has 7 rings (SSSR count). The minimum atomic E-state index is 0.00248. The van der Waals surface area contributed by atoms with Crippen LogP contribution in [0.2, 0.25) is 0 Å². The van der Waals surface area contributed by atoms with Crippen LogP contribution in [0, 0.1) is 0 Å². The predicted octanol–water partition coefficient (Wildman–Crippen LogP) is 9.87. The van der Waals surface area contributed by atoms with Crippen LogP contribution >= 0.6 is 0 Å². The van der Waals surface area contributed by atoms with Crippen LogP contribution in [0.4, 0.5) is 0 Å². The molecule has 1 heterocycles. The van der Waals surface area contributed by atoms with Gasteiger partial charge in [0.05, 0.1) is 22.4 Å². The number of rotatable bonds is 3. The Kier molecular flexibility index (Phi) is 5.50. The second-order valence-corrected chi connectivity index (χ2v) is 11.9. The zero-order chi connectivity index (χ0) is 27.5. The molecule has 0 fully saturated rings. The van der Waals surface area contributed by atoms with E-state index in [1.54, 1.807) is 0 Å². The maximum Gasteiger partial charge on any atom is 0.0973 e. The van der Waals surface area contributed by atoms with Crippen LogP contribution in [0.1, 0.15) is 38.8 Å². The number of nitrogens with zero attached hydrogens (tertiary/aromatic N) is 2. The number of fused-ring (bicyclic) bond motifs is 4. The largest absolute Gasteiger partial charge is 0.244 e. The standard InChI is InChI=1S/C38H32N2/c1-37(2)31-18-12-11-17-29(31)30-23-27(19-21-32(30)38(37,3)4)28-20-22-33-34(24-28)40-36(26-15-9-6-10-16-26)35(39-33)25-13-7-5-8-14-25/h5-24H,1-4H3. The van der Waals surface area contributed by atoms with E-state index >= 15 is 0 Å². The first kappa shape index (κ1) is 24.5. The quantitative estimate of drug-likeness (QED) is 0.234. The molecule has 194 valence electrons.